The van der Waals surface area contributed by atoms with Gasteiger partial charge in [0, 0.05) is 24.8 Å². The number of esters is 2. The Balaban J connectivity index is 0. The largest absolute Gasteiger partial charge is 0.462 e. The van der Waals surface area contributed by atoms with Gasteiger partial charge in [0.1, 0.15) is 6.61 Å². The number of rotatable bonds is 8. The van der Waals surface area contributed by atoms with Crippen LogP contribution in [-0.2, 0) is 19.1 Å². The van der Waals surface area contributed by atoms with Crippen LogP contribution in [0.5, 0.6) is 0 Å². The van der Waals surface area contributed by atoms with Gasteiger partial charge in [-0.1, -0.05) is 13.2 Å². The molecule has 0 bridgehead atoms. The molecule has 0 amide bonds. The summed E-state index contributed by atoms with van der Waals surface area (Å²) in [6.07, 6.45) is 2.48. The van der Waals surface area contributed by atoms with Gasteiger partial charge in [-0.15, -0.1) is 0 Å². The fraction of sp³-hybridized carbons (Fsp3) is 0.538. The molecule has 0 aliphatic rings. The molecule has 0 saturated heterocycles. The SMILES string of the molecule is C=C(C)C(=O)OCCCCO.C=CC(=O)OCCN. The Morgan fingerprint density at radius 3 is 2.32 bits per heavy atom. The quantitative estimate of drug-likeness (QED) is 0.381. The minimum atomic E-state index is -0.421. The zero-order valence-corrected chi connectivity index (χ0v) is 11.4. The minimum Gasteiger partial charge on any atom is -0.462 e. The van der Waals surface area contributed by atoms with Crippen LogP contribution in [0, 0.1) is 0 Å². The lowest BCUT2D eigenvalue weighted by atomic mass is 10.3. The van der Waals surface area contributed by atoms with E-state index in [-0.39, 0.29) is 19.2 Å². The summed E-state index contributed by atoms with van der Waals surface area (Å²) in [4.78, 5) is 20.9. The summed E-state index contributed by atoms with van der Waals surface area (Å²) < 4.78 is 9.21. The molecule has 0 unspecified atom stereocenters. The summed E-state index contributed by atoms with van der Waals surface area (Å²) in [6, 6.07) is 0. The van der Waals surface area contributed by atoms with Gasteiger partial charge in [-0.25, -0.2) is 9.59 Å². The monoisotopic (exact) mass is 273 g/mol. The van der Waals surface area contributed by atoms with Crippen molar-refractivity contribution >= 4 is 11.9 Å². The summed E-state index contributed by atoms with van der Waals surface area (Å²) in [5, 5.41) is 8.38. The molecule has 0 rings (SSSR count). The van der Waals surface area contributed by atoms with Crippen LogP contribution < -0.4 is 5.73 Å². The van der Waals surface area contributed by atoms with Crippen LogP contribution in [-0.4, -0.2) is 43.4 Å². The normalized spacial score (nSPS) is 8.79. The van der Waals surface area contributed by atoms with Gasteiger partial charge in [-0.2, -0.15) is 0 Å². The number of carbonyl (C=O) groups is 2. The maximum atomic E-state index is 10.7. The molecule has 0 aromatic rings. The zero-order valence-electron chi connectivity index (χ0n) is 11.4. The highest BCUT2D eigenvalue weighted by molar-refractivity contribution is 5.86. The Labute approximate surface area is 113 Å². The molecule has 0 saturated carbocycles. The molecule has 110 valence electrons. The molecule has 0 aromatic carbocycles. The lowest BCUT2D eigenvalue weighted by molar-refractivity contribution is -0.139. The average molecular weight is 273 g/mol. The van der Waals surface area contributed by atoms with Crippen molar-refractivity contribution in [3.05, 3.63) is 24.8 Å². The molecule has 0 spiro atoms. The summed E-state index contributed by atoms with van der Waals surface area (Å²) in [5.74, 6) is -0.779. The summed E-state index contributed by atoms with van der Waals surface area (Å²) >= 11 is 0. The summed E-state index contributed by atoms with van der Waals surface area (Å²) in [7, 11) is 0. The topological polar surface area (TPSA) is 98.8 Å². The third kappa shape index (κ3) is 16.3. The van der Waals surface area contributed by atoms with E-state index in [1.54, 1.807) is 6.92 Å². The van der Waals surface area contributed by atoms with Gasteiger partial charge in [-0.3, -0.25) is 0 Å². The van der Waals surface area contributed by atoms with Crippen LogP contribution in [0.25, 0.3) is 0 Å². The molecule has 0 heterocycles. The van der Waals surface area contributed by atoms with Gasteiger partial charge >= 0.3 is 11.9 Å². The van der Waals surface area contributed by atoms with Crippen LogP contribution >= 0.6 is 0 Å². The van der Waals surface area contributed by atoms with Crippen LogP contribution in [0.4, 0.5) is 0 Å². The van der Waals surface area contributed by atoms with E-state index in [4.69, 9.17) is 15.6 Å². The third-order valence-electron chi connectivity index (χ3n) is 1.66. The first-order valence-electron chi connectivity index (χ1n) is 5.92. The van der Waals surface area contributed by atoms with Crippen molar-refractivity contribution in [2.75, 3.05) is 26.4 Å². The van der Waals surface area contributed by atoms with E-state index in [0.29, 0.717) is 31.6 Å². The molecule has 19 heavy (non-hydrogen) atoms. The van der Waals surface area contributed by atoms with E-state index in [0.717, 1.165) is 6.08 Å². The number of carbonyl (C=O) groups excluding carboxylic acids is 2. The molecule has 0 atom stereocenters. The highest BCUT2D eigenvalue weighted by atomic mass is 16.5. The molecule has 0 fully saturated rings. The van der Waals surface area contributed by atoms with Crippen LogP contribution in [0.1, 0.15) is 19.8 Å². The van der Waals surface area contributed by atoms with Crippen LogP contribution in [0.3, 0.4) is 0 Å². The number of hydrogen-bond donors (Lipinski definition) is 2. The average Bonchev–Trinajstić information content (AvgIpc) is 2.41. The van der Waals surface area contributed by atoms with E-state index in [2.05, 4.69) is 17.9 Å². The molecule has 0 aliphatic heterocycles. The highest BCUT2D eigenvalue weighted by Crippen LogP contribution is 1.94. The Morgan fingerprint density at radius 1 is 1.26 bits per heavy atom. The molecule has 3 N–H and O–H groups in total. The van der Waals surface area contributed by atoms with Gasteiger partial charge in [0.25, 0.3) is 0 Å². The second kappa shape index (κ2) is 14.4. The predicted octanol–water partition coefficient (Wildman–Crippen LogP) is 0.552. The molecule has 0 aliphatic carbocycles. The fourth-order valence-electron chi connectivity index (χ4n) is 0.720. The van der Waals surface area contributed by atoms with Crippen LogP contribution in [0.2, 0.25) is 0 Å². The standard InChI is InChI=1S/C8H14O3.C5H9NO2/c1-7(2)8(10)11-6-4-3-5-9;1-2-5(7)8-4-3-6/h9H,1,3-6H2,2H3;2H,1,3-4,6H2. The highest BCUT2D eigenvalue weighted by Gasteiger charge is 2.00. The number of nitrogens with two attached hydrogens (primary N) is 1. The van der Waals surface area contributed by atoms with E-state index >= 15 is 0 Å². The first-order chi connectivity index (χ1) is 8.99. The second-order valence-electron chi connectivity index (χ2n) is 3.51. The first kappa shape index (κ1) is 19.7. The van der Waals surface area contributed by atoms with Gasteiger partial charge in [0.2, 0.25) is 0 Å². The molecular weight excluding hydrogens is 250 g/mol. The molecule has 0 radical (unpaired) electrons. The molecule has 6 heteroatoms. The van der Waals surface area contributed by atoms with Crippen molar-refractivity contribution in [3.63, 3.8) is 0 Å². The second-order valence-corrected chi connectivity index (χ2v) is 3.51. The van der Waals surface area contributed by atoms with E-state index in [9.17, 15) is 9.59 Å². The van der Waals surface area contributed by atoms with Crippen molar-refractivity contribution in [1.29, 1.82) is 0 Å². The number of hydrogen-bond acceptors (Lipinski definition) is 6. The van der Waals surface area contributed by atoms with Gasteiger partial charge < -0.3 is 20.3 Å². The van der Waals surface area contributed by atoms with E-state index in [1.165, 1.54) is 0 Å². The minimum absolute atomic E-state index is 0.143. The Hall–Kier alpha value is -1.66. The van der Waals surface area contributed by atoms with Gasteiger partial charge in [0.05, 0.1) is 6.61 Å². The number of unbranched alkanes of at least 4 members (excludes halogenated alkanes) is 1. The lowest BCUT2D eigenvalue weighted by Gasteiger charge is -2.01. The molecular formula is C13H23NO5. The van der Waals surface area contributed by atoms with Crippen LogP contribution in [0.15, 0.2) is 24.8 Å². The Morgan fingerprint density at radius 2 is 1.89 bits per heavy atom. The molecule has 6 nitrogen and oxygen atoms in total. The van der Waals surface area contributed by atoms with Crippen molar-refractivity contribution in [2.45, 2.75) is 19.8 Å². The third-order valence-corrected chi connectivity index (χ3v) is 1.66. The number of aliphatic hydroxyl groups excluding tert-OH is 1. The maximum absolute atomic E-state index is 10.7. The Bertz CT molecular complexity index is 289. The smallest absolute Gasteiger partial charge is 0.333 e. The van der Waals surface area contributed by atoms with Crippen molar-refractivity contribution in [2.24, 2.45) is 5.73 Å². The predicted molar refractivity (Wildman–Crippen MR) is 72.3 cm³/mol. The summed E-state index contributed by atoms with van der Waals surface area (Å²) in [6.45, 7) is 9.37. The summed E-state index contributed by atoms with van der Waals surface area (Å²) in [5.41, 5.74) is 5.43. The maximum Gasteiger partial charge on any atom is 0.333 e. The lowest BCUT2D eigenvalue weighted by Crippen LogP contribution is -2.11. The van der Waals surface area contributed by atoms with E-state index < -0.39 is 5.97 Å². The van der Waals surface area contributed by atoms with Crippen molar-refractivity contribution in [1.82, 2.24) is 0 Å². The fourth-order valence-corrected chi connectivity index (χ4v) is 0.720. The van der Waals surface area contributed by atoms with Crippen molar-refractivity contribution < 1.29 is 24.2 Å². The first-order valence-corrected chi connectivity index (χ1v) is 5.92. The molecule has 0 aromatic heterocycles. The van der Waals surface area contributed by atoms with Gasteiger partial charge in [0.15, 0.2) is 0 Å². The number of aliphatic hydroxyl groups is 1. The van der Waals surface area contributed by atoms with Crippen molar-refractivity contribution in [3.8, 4) is 0 Å². The van der Waals surface area contributed by atoms with Gasteiger partial charge in [-0.05, 0) is 19.8 Å². The van der Waals surface area contributed by atoms with E-state index in [1.807, 2.05) is 0 Å². The zero-order chi connectivity index (χ0) is 15.1. The Kier molecular flexibility index (Phi) is 14.9. The number of ether oxygens (including phenoxy) is 2.